The maximum atomic E-state index is 9.48. The summed E-state index contributed by atoms with van der Waals surface area (Å²) in [4.78, 5) is 2.10. The lowest BCUT2D eigenvalue weighted by molar-refractivity contribution is 0.0757. The standard InChI is InChI=1S/C14H23NO2/c1-3-14(16)11-15(2)9-10-17-12-13-7-5-4-6-8-13/h4-8,14,16H,3,9-12H2,1-2H3/t14-/m1/s1. The fraction of sp³-hybridized carbons (Fsp3) is 0.571. The van der Waals surface area contributed by atoms with Crippen LogP contribution in [0.1, 0.15) is 18.9 Å². The molecular weight excluding hydrogens is 214 g/mol. The summed E-state index contributed by atoms with van der Waals surface area (Å²) in [5.74, 6) is 0. The number of aliphatic hydroxyl groups is 1. The van der Waals surface area contributed by atoms with Gasteiger partial charge in [-0.3, -0.25) is 0 Å². The summed E-state index contributed by atoms with van der Waals surface area (Å²) < 4.78 is 5.58. The van der Waals surface area contributed by atoms with Crippen LogP contribution in [-0.2, 0) is 11.3 Å². The third-order valence-corrected chi connectivity index (χ3v) is 2.72. The first-order valence-corrected chi connectivity index (χ1v) is 6.20. The number of nitrogens with zero attached hydrogens (tertiary/aromatic N) is 1. The number of hydrogen-bond donors (Lipinski definition) is 1. The minimum atomic E-state index is -0.228. The molecule has 1 aromatic carbocycles. The predicted molar refractivity (Wildman–Crippen MR) is 69.9 cm³/mol. The summed E-state index contributed by atoms with van der Waals surface area (Å²) in [6, 6.07) is 10.2. The number of rotatable bonds is 8. The van der Waals surface area contributed by atoms with Gasteiger partial charge < -0.3 is 14.7 Å². The molecule has 0 aromatic heterocycles. The number of ether oxygens (including phenoxy) is 1. The third kappa shape index (κ3) is 6.41. The molecule has 0 bridgehead atoms. The van der Waals surface area contributed by atoms with Crippen LogP contribution in [0, 0.1) is 0 Å². The molecule has 0 spiro atoms. The zero-order valence-corrected chi connectivity index (χ0v) is 10.8. The summed E-state index contributed by atoms with van der Waals surface area (Å²) in [7, 11) is 2.00. The van der Waals surface area contributed by atoms with Gasteiger partial charge >= 0.3 is 0 Å². The van der Waals surface area contributed by atoms with Crippen molar-refractivity contribution in [2.24, 2.45) is 0 Å². The molecule has 0 aliphatic carbocycles. The summed E-state index contributed by atoms with van der Waals surface area (Å²) in [6.07, 6.45) is 0.573. The predicted octanol–water partition coefficient (Wildman–Crippen LogP) is 1.91. The molecule has 0 saturated heterocycles. The van der Waals surface area contributed by atoms with Crippen LogP contribution in [0.5, 0.6) is 0 Å². The van der Waals surface area contributed by atoms with Gasteiger partial charge in [-0.25, -0.2) is 0 Å². The molecule has 1 N–H and O–H groups in total. The largest absolute Gasteiger partial charge is 0.392 e. The maximum Gasteiger partial charge on any atom is 0.0717 e. The van der Waals surface area contributed by atoms with E-state index in [-0.39, 0.29) is 6.10 Å². The Morgan fingerprint density at radius 3 is 2.65 bits per heavy atom. The van der Waals surface area contributed by atoms with Gasteiger partial charge in [0.05, 0.1) is 19.3 Å². The first-order chi connectivity index (χ1) is 8.22. The van der Waals surface area contributed by atoms with E-state index in [1.807, 2.05) is 32.2 Å². The van der Waals surface area contributed by atoms with Gasteiger partial charge in [0, 0.05) is 13.1 Å². The van der Waals surface area contributed by atoms with Crippen LogP contribution in [-0.4, -0.2) is 42.9 Å². The van der Waals surface area contributed by atoms with E-state index in [0.717, 1.165) is 13.0 Å². The molecule has 0 heterocycles. The molecule has 3 heteroatoms. The highest BCUT2D eigenvalue weighted by Gasteiger charge is 2.05. The molecule has 1 rings (SSSR count). The van der Waals surface area contributed by atoms with Crippen LogP contribution in [0.25, 0.3) is 0 Å². The fourth-order valence-corrected chi connectivity index (χ4v) is 1.56. The van der Waals surface area contributed by atoms with Gasteiger partial charge in [-0.2, -0.15) is 0 Å². The van der Waals surface area contributed by atoms with Crippen LogP contribution in [0.2, 0.25) is 0 Å². The molecule has 17 heavy (non-hydrogen) atoms. The van der Waals surface area contributed by atoms with Crippen molar-refractivity contribution in [1.29, 1.82) is 0 Å². The fourth-order valence-electron chi connectivity index (χ4n) is 1.56. The number of hydrogen-bond acceptors (Lipinski definition) is 3. The monoisotopic (exact) mass is 237 g/mol. The minimum absolute atomic E-state index is 0.228. The van der Waals surface area contributed by atoms with Crippen molar-refractivity contribution in [3.8, 4) is 0 Å². The normalized spacial score (nSPS) is 12.9. The van der Waals surface area contributed by atoms with E-state index in [9.17, 15) is 5.11 Å². The average molecular weight is 237 g/mol. The van der Waals surface area contributed by atoms with Crippen molar-refractivity contribution < 1.29 is 9.84 Å². The Morgan fingerprint density at radius 1 is 1.29 bits per heavy atom. The zero-order valence-electron chi connectivity index (χ0n) is 10.8. The van der Waals surface area contributed by atoms with Crippen LogP contribution in [0.4, 0.5) is 0 Å². The Kier molecular flexibility index (Phi) is 6.86. The van der Waals surface area contributed by atoms with Gasteiger partial charge in [-0.1, -0.05) is 37.3 Å². The molecule has 0 radical (unpaired) electrons. The lowest BCUT2D eigenvalue weighted by Gasteiger charge is -2.19. The van der Waals surface area contributed by atoms with E-state index >= 15 is 0 Å². The molecule has 96 valence electrons. The molecule has 0 aliphatic heterocycles. The molecule has 0 fully saturated rings. The second-order valence-electron chi connectivity index (χ2n) is 4.36. The smallest absolute Gasteiger partial charge is 0.0717 e. The van der Waals surface area contributed by atoms with E-state index in [1.54, 1.807) is 0 Å². The first-order valence-electron chi connectivity index (χ1n) is 6.20. The molecular formula is C14H23NO2. The van der Waals surface area contributed by atoms with E-state index in [4.69, 9.17) is 4.74 Å². The van der Waals surface area contributed by atoms with E-state index in [0.29, 0.717) is 19.8 Å². The van der Waals surface area contributed by atoms with Crippen molar-refractivity contribution >= 4 is 0 Å². The Labute approximate surface area is 104 Å². The molecule has 0 amide bonds. The second-order valence-corrected chi connectivity index (χ2v) is 4.36. The highest BCUT2D eigenvalue weighted by Crippen LogP contribution is 2.00. The number of benzene rings is 1. The highest BCUT2D eigenvalue weighted by atomic mass is 16.5. The quantitative estimate of drug-likeness (QED) is 0.701. The van der Waals surface area contributed by atoms with Crippen LogP contribution in [0.15, 0.2) is 30.3 Å². The van der Waals surface area contributed by atoms with Crippen molar-refractivity contribution in [3.63, 3.8) is 0 Å². The molecule has 0 saturated carbocycles. The Morgan fingerprint density at radius 2 is 2.00 bits per heavy atom. The summed E-state index contributed by atoms with van der Waals surface area (Å²) >= 11 is 0. The van der Waals surface area contributed by atoms with Gasteiger partial charge in [-0.05, 0) is 19.0 Å². The minimum Gasteiger partial charge on any atom is -0.392 e. The SMILES string of the molecule is CC[C@@H](O)CN(C)CCOCc1ccccc1. The van der Waals surface area contributed by atoms with Gasteiger partial charge in [0.25, 0.3) is 0 Å². The van der Waals surface area contributed by atoms with Crippen molar-refractivity contribution in [2.75, 3.05) is 26.7 Å². The van der Waals surface area contributed by atoms with Crippen LogP contribution in [0.3, 0.4) is 0 Å². The summed E-state index contributed by atoms with van der Waals surface area (Å²) in [5, 5.41) is 9.48. The van der Waals surface area contributed by atoms with E-state index in [1.165, 1.54) is 5.56 Å². The molecule has 1 aromatic rings. The van der Waals surface area contributed by atoms with Crippen molar-refractivity contribution in [2.45, 2.75) is 26.1 Å². The summed E-state index contributed by atoms with van der Waals surface area (Å²) in [6.45, 7) is 4.91. The zero-order chi connectivity index (χ0) is 12.5. The second kappa shape index (κ2) is 8.23. The Balaban J connectivity index is 2.08. The van der Waals surface area contributed by atoms with Gasteiger partial charge in [0.15, 0.2) is 0 Å². The maximum absolute atomic E-state index is 9.48. The third-order valence-electron chi connectivity index (χ3n) is 2.72. The molecule has 0 aliphatic rings. The van der Waals surface area contributed by atoms with Gasteiger partial charge in [-0.15, -0.1) is 0 Å². The summed E-state index contributed by atoms with van der Waals surface area (Å²) in [5.41, 5.74) is 1.20. The van der Waals surface area contributed by atoms with Crippen molar-refractivity contribution in [3.05, 3.63) is 35.9 Å². The van der Waals surface area contributed by atoms with E-state index in [2.05, 4.69) is 17.0 Å². The molecule has 1 atom stereocenters. The Hall–Kier alpha value is -0.900. The highest BCUT2D eigenvalue weighted by molar-refractivity contribution is 5.13. The van der Waals surface area contributed by atoms with Gasteiger partial charge in [0.2, 0.25) is 0 Å². The Bertz CT molecular complexity index is 290. The molecule has 0 unspecified atom stereocenters. The van der Waals surface area contributed by atoms with E-state index < -0.39 is 0 Å². The molecule has 3 nitrogen and oxygen atoms in total. The first kappa shape index (κ1) is 14.2. The van der Waals surface area contributed by atoms with Crippen LogP contribution >= 0.6 is 0 Å². The average Bonchev–Trinajstić information content (AvgIpc) is 2.36. The number of likely N-dealkylation sites (N-methyl/N-ethyl adjacent to an activating group) is 1. The lowest BCUT2D eigenvalue weighted by atomic mass is 10.2. The van der Waals surface area contributed by atoms with Crippen molar-refractivity contribution in [1.82, 2.24) is 4.90 Å². The number of aliphatic hydroxyl groups excluding tert-OH is 1. The van der Waals surface area contributed by atoms with Gasteiger partial charge in [0.1, 0.15) is 0 Å². The lowest BCUT2D eigenvalue weighted by Crippen LogP contribution is -2.31. The topological polar surface area (TPSA) is 32.7 Å². The van der Waals surface area contributed by atoms with Crippen LogP contribution < -0.4 is 0 Å².